The summed E-state index contributed by atoms with van der Waals surface area (Å²) in [6.07, 6.45) is 3.16. The SMILES string of the molecule is Cc1nc(CO)sc1-c1csc(NC(=O)/C=C/c2ccc(Cl)cc2)n1. The molecule has 3 rings (SSSR count). The summed E-state index contributed by atoms with van der Waals surface area (Å²) < 4.78 is 0. The molecule has 0 saturated carbocycles. The average molecular weight is 392 g/mol. The van der Waals surface area contributed by atoms with Gasteiger partial charge < -0.3 is 5.11 Å². The lowest BCUT2D eigenvalue weighted by Crippen LogP contribution is -2.07. The Kier molecular flexibility index (Phi) is 5.60. The first-order valence-corrected chi connectivity index (χ1v) is 9.40. The van der Waals surface area contributed by atoms with Crippen molar-refractivity contribution in [2.45, 2.75) is 13.5 Å². The Bertz CT molecular complexity index is 916. The van der Waals surface area contributed by atoms with E-state index in [9.17, 15) is 9.90 Å². The number of aliphatic hydroxyl groups excluding tert-OH is 1. The van der Waals surface area contributed by atoms with Crippen LogP contribution in [0.1, 0.15) is 16.3 Å². The number of anilines is 1. The maximum absolute atomic E-state index is 12.0. The monoisotopic (exact) mass is 391 g/mol. The van der Waals surface area contributed by atoms with Crippen LogP contribution < -0.4 is 5.32 Å². The molecule has 2 heterocycles. The molecule has 0 aliphatic carbocycles. The van der Waals surface area contributed by atoms with Crippen LogP contribution in [0.15, 0.2) is 35.7 Å². The van der Waals surface area contributed by atoms with E-state index in [0.717, 1.165) is 21.8 Å². The van der Waals surface area contributed by atoms with E-state index >= 15 is 0 Å². The van der Waals surface area contributed by atoms with Gasteiger partial charge in [-0.15, -0.1) is 22.7 Å². The summed E-state index contributed by atoms with van der Waals surface area (Å²) in [5.74, 6) is -0.257. The van der Waals surface area contributed by atoms with Crippen molar-refractivity contribution in [2.24, 2.45) is 0 Å². The fourth-order valence-corrected chi connectivity index (χ4v) is 3.88. The minimum Gasteiger partial charge on any atom is -0.389 e. The van der Waals surface area contributed by atoms with Crippen LogP contribution >= 0.6 is 34.3 Å². The first-order valence-electron chi connectivity index (χ1n) is 7.33. The standard InChI is InChI=1S/C17H14ClN3O2S2/c1-10-16(25-15(8-22)19-10)13-9-24-17(20-13)21-14(23)7-4-11-2-5-12(18)6-3-11/h2-7,9,22H,8H2,1H3,(H,20,21,23)/b7-4+. The molecule has 0 aliphatic rings. The molecule has 0 atom stereocenters. The van der Waals surface area contributed by atoms with Crippen molar-refractivity contribution in [1.82, 2.24) is 9.97 Å². The number of aryl methyl sites for hydroxylation is 1. The Labute approximate surface area is 157 Å². The van der Waals surface area contributed by atoms with Crippen molar-refractivity contribution in [1.29, 1.82) is 0 Å². The van der Waals surface area contributed by atoms with Crippen LogP contribution in [-0.4, -0.2) is 21.0 Å². The van der Waals surface area contributed by atoms with E-state index in [1.165, 1.54) is 28.7 Å². The third kappa shape index (κ3) is 4.52. The molecular weight excluding hydrogens is 378 g/mol. The van der Waals surface area contributed by atoms with Crippen molar-refractivity contribution >= 4 is 51.4 Å². The van der Waals surface area contributed by atoms with Crippen LogP contribution in [0.2, 0.25) is 5.02 Å². The van der Waals surface area contributed by atoms with E-state index in [4.69, 9.17) is 11.6 Å². The summed E-state index contributed by atoms with van der Waals surface area (Å²) in [5, 5.41) is 15.6. The lowest BCUT2D eigenvalue weighted by Gasteiger charge is -1.97. The maximum Gasteiger partial charge on any atom is 0.250 e. The number of nitrogens with one attached hydrogen (secondary N) is 1. The second-order valence-electron chi connectivity index (χ2n) is 5.09. The number of aliphatic hydroxyl groups is 1. The molecule has 1 amide bonds. The topological polar surface area (TPSA) is 75.1 Å². The largest absolute Gasteiger partial charge is 0.389 e. The number of thiazole rings is 2. The number of carbonyl (C=O) groups excluding carboxylic acids is 1. The van der Waals surface area contributed by atoms with Crippen molar-refractivity contribution < 1.29 is 9.90 Å². The van der Waals surface area contributed by atoms with Gasteiger partial charge in [-0.2, -0.15) is 0 Å². The molecular formula is C17H14ClN3O2S2. The minimum absolute atomic E-state index is 0.0886. The zero-order valence-electron chi connectivity index (χ0n) is 13.2. The highest BCUT2D eigenvalue weighted by atomic mass is 35.5. The smallest absolute Gasteiger partial charge is 0.250 e. The molecule has 0 saturated heterocycles. The van der Waals surface area contributed by atoms with Gasteiger partial charge in [0.15, 0.2) is 5.13 Å². The van der Waals surface area contributed by atoms with Crippen molar-refractivity contribution in [3.05, 3.63) is 57.0 Å². The Balaban J connectivity index is 1.67. The molecule has 8 heteroatoms. The zero-order chi connectivity index (χ0) is 17.8. The van der Waals surface area contributed by atoms with Crippen molar-refractivity contribution in [2.75, 3.05) is 5.32 Å². The lowest BCUT2D eigenvalue weighted by molar-refractivity contribution is -0.111. The van der Waals surface area contributed by atoms with Crippen LogP contribution in [-0.2, 0) is 11.4 Å². The zero-order valence-corrected chi connectivity index (χ0v) is 15.6. The quantitative estimate of drug-likeness (QED) is 0.633. The molecule has 0 aliphatic heterocycles. The predicted octanol–water partition coefficient (Wildman–Crippen LogP) is 4.37. The van der Waals surface area contributed by atoms with Crippen LogP contribution in [0.4, 0.5) is 5.13 Å². The highest BCUT2D eigenvalue weighted by molar-refractivity contribution is 7.17. The Morgan fingerprint density at radius 1 is 1.32 bits per heavy atom. The van der Waals surface area contributed by atoms with Gasteiger partial charge >= 0.3 is 0 Å². The van der Waals surface area contributed by atoms with Gasteiger partial charge in [-0.1, -0.05) is 23.7 Å². The number of nitrogens with zero attached hydrogens (tertiary/aromatic N) is 2. The van der Waals surface area contributed by atoms with Gasteiger partial charge in [0.1, 0.15) is 5.01 Å². The van der Waals surface area contributed by atoms with Gasteiger partial charge in [-0.25, -0.2) is 9.97 Å². The van der Waals surface area contributed by atoms with Gasteiger partial charge in [0.25, 0.3) is 0 Å². The maximum atomic E-state index is 12.0. The predicted molar refractivity (Wildman–Crippen MR) is 103 cm³/mol. The van der Waals surface area contributed by atoms with Crippen molar-refractivity contribution in [3.63, 3.8) is 0 Å². The molecule has 128 valence electrons. The minimum atomic E-state index is -0.257. The van der Waals surface area contributed by atoms with Gasteiger partial charge in [0.05, 0.1) is 22.9 Å². The first kappa shape index (κ1) is 17.8. The fourth-order valence-electron chi connectivity index (χ4n) is 2.09. The molecule has 3 aromatic rings. The molecule has 25 heavy (non-hydrogen) atoms. The molecule has 0 spiro atoms. The van der Waals surface area contributed by atoms with E-state index in [2.05, 4.69) is 15.3 Å². The van der Waals surface area contributed by atoms with Crippen LogP contribution in [0.25, 0.3) is 16.6 Å². The first-order chi connectivity index (χ1) is 12.0. The van der Waals surface area contributed by atoms with E-state index in [1.54, 1.807) is 18.2 Å². The summed E-state index contributed by atoms with van der Waals surface area (Å²) in [5.41, 5.74) is 2.45. The summed E-state index contributed by atoms with van der Waals surface area (Å²) >= 11 is 8.57. The van der Waals surface area contributed by atoms with Gasteiger partial charge in [0.2, 0.25) is 5.91 Å². The normalized spacial score (nSPS) is 11.2. The highest BCUT2D eigenvalue weighted by Gasteiger charge is 2.13. The second-order valence-corrected chi connectivity index (χ2v) is 7.47. The molecule has 0 bridgehead atoms. The number of aromatic nitrogens is 2. The highest BCUT2D eigenvalue weighted by Crippen LogP contribution is 2.32. The molecule has 5 nitrogen and oxygen atoms in total. The average Bonchev–Trinajstić information content (AvgIpc) is 3.20. The van der Waals surface area contributed by atoms with E-state index in [1.807, 2.05) is 24.4 Å². The van der Waals surface area contributed by atoms with Gasteiger partial charge in [-0.3, -0.25) is 10.1 Å². The Morgan fingerprint density at radius 3 is 2.76 bits per heavy atom. The Hall–Kier alpha value is -2.06. The number of carbonyl (C=O) groups is 1. The van der Waals surface area contributed by atoms with E-state index in [-0.39, 0.29) is 12.5 Å². The summed E-state index contributed by atoms with van der Waals surface area (Å²) in [6, 6.07) is 7.20. The number of amides is 1. The number of rotatable bonds is 5. The summed E-state index contributed by atoms with van der Waals surface area (Å²) in [4.78, 5) is 21.6. The lowest BCUT2D eigenvalue weighted by atomic mass is 10.2. The molecule has 1 aromatic carbocycles. The van der Waals surface area contributed by atoms with Crippen LogP contribution in [0.3, 0.4) is 0 Å². The third-order valence-corrected chi connectivity index (χ3v) is 5.41. The number of benzene rings is 1. The number of hydrogen-bond acceptors (Lipinski definition) is 6. The summed E-state index contributed by atoms with van der Waals surface area (Å²) in [6.45, 7) is 1.78. The second kappa shape index (κ2) is 7.88. The molecule has 2 aromatic heterocycles. The van der Waals surface area contributed by atoms with Crippen molar-refractivity contribution in [3.8, 4) is 10.6 Å². The summed E-state index contributed by atoms with van der Waals surface area (Å²) in [7, 11) is 0. The Morgan fingerprint density at radius 2 is 2.08 bits per heavy atom. The molecule has 0 unspecified atom stereocenters. The van der Waals surface area contributed by atoms with Crippen LogP contribution in [0.5, 0.6) is 0 Å². The van der Waals surface area contributed by atoms with E-state index < -0.39 is 0 Å². The number of halogens is 1. The van der Waals surface area contributed by atoms with Crippen LogP contribution in [0, 0.1) is 6.92 Å². The fraction of sp³-hybridized carbons (Fsp3) is 0.118. The van der Waals surface area contributed by atoms with E-state index in [0.29, 0.717) is 15.2 Å². The molecule has 0 radical (unpaired) electrons. The van der Waals surface area contributed by atoms with Gasteiger partial charge in [0, 0.05) is 16.5 Å². The third-order valence-electron chi connectivity index (χ3n) is 3.24. The molecule has 2 N–H and O–H groups in total. The molecule has 0 fully saturated rings. The number of hydrogen-bond donors (Lipinski definition) is 2. The van der Waals surface area contributed by atoms with Gasteiger partial charge in [-0.05, 0) is 30.7 Å².